The van der Waals surface area contributed by atoms with Crippen LogP contribution in [0.5, 0.6) is 0 Å². The van der Waals surface area contributed by atoms with E-state index in [9.17, 15) is 14.4 Å². The highest BCUT2D eigenvalue weighted by molar-refractivity contribution is 7.12. The van der Waals surface area contributed by atoms with Gasteiger partial charge in [0.25, 0.3) is 17.7 Å². The standard InChI is InChI=1S/C19H17N3O4S/c23-8-7-22-17(24)11-14(18(22)25)20-13-4-3-12-5-6-21(15(12)10-13)19(26)16-2-1-9-27-16/h1-4,9-11,20,23H,5-8H2. The maximum Gasteiger partial charge on any atom is 0.277 e. The number of rotatable bonds is 5. The number of fused-ring (bicyclic) bond motifs is 1. The highest BCUT2D eigenvalue weighted by atomic mass is 32.1. The summed E-state index contributed by atoms with van der Waals surface area (Å²) in [6.45, 7) is 0.295. The lowest BCUT2D eigenvalue weighted by molar-refractivity contribution is -0.137. The van der Waals surface area contributed by atoms with Crippen LogP contribution >= 0.6 is 11.3 Å². The second kappa shape index (κ2) is 6.98. The normalized spacial score (nSPS) is 16.0. The van der Waals surface area contributed by atoms with Gasteiger partial charge in [-0.05, 0) is 35.6 Å². The highest BCUT2D eigenvalue weighted by Crippen LogP contribution is 2.33. The minimum atomic E-state index is -0.471. The molecule has 2 aliphatic heterocycles. The molecule has 2 aromatic rings. The van der Waals surface area contributed by atoms with Crippen molar-refractivity contribution in [3.63, 3.8) is 0 Å². The maximum atomic E-state index is 12.7. The monoisotopic (exact) mass is 383 g/mol. The van der Waals surface area contributed by atoms with E-state index in [1.165, 1.54) is 17.4 Å². The minimum absolute atomic E-state index is 0.0351. The Balaban J connectivity index is 1.56. The van der Waals surface area contributed by atoms with E-state index < -0.39 is 11.8 Å². The molecule has 0 radical (unpaired) electrons. The molecule has 0 fully saturated rings. The van der Waals surface area contributed by atoms with E-state index in [4.69, 9.17) is 5.11 Å². The second-order valence-electron chi connectivity index (χ2n) is 6.23. The van der Waals surface area contributed by atoms with E-state index in [2.05, 4.69) is 5.32 Å². The lowest BCUT2D eigenvalue weighted by Gasteiger charge is -2.18. The minimum Gasteiger partial charge on any atom is -0.395 e. The van der Waals surface area contributed by atoms with Crippen molar-refractivity contribution in [3.05, 3.63) is 57.9 Å². The molecule has 0 saturated carbocycles. The van der Waals surface area contributed by atoms with E-state index in [0.717, 1.165) is 22.6 Å². The maximum absolute atomic E-state index is 12.7. The molecule has 0 aliphatic carbocycles. The van der Waals surface area contributed by atoms with Crippen molar-refractivity contribution in [1.82, 2.24) is 4.90 Å². The van der Waals surface area contributed by atoms with E-state index in [-0.39, 0.29) is 24.8 Å². The fourth-order valence-corrected chi connectivity index (χ4v) is 3.94. The molecule has 8 heteroatoms. The number of imide groups is 1. The molecule has 0 unspecified atom stereocenters. The molecule has 7 nitrogen and oxygen atoms in total. The van der Waals surface area contributed by atoms with Crippen molar-refractivity contribution in [2.75, 3.05) is 29.9 Å². The van der Waals surface area contributed by atoms with Gasteiger partial charge in [-0.2, -0.15) is 0 Å². The van der Waals surface area contributed by atoms with Crippen LogP contribution in [-0.4, -0.2) is 47.4 Å². The number of benzene rings is 1. The molecule has 2 aliphatic rings. The highest BCUT2D eigenvalue weighted by Gasteiger charge is 2.31. The van der Waals surface area contributed by atoms with Crippen molar-refractivity contribution < 1.29 is 19.5 Å². The molecule has 0 spiro atoms. The van der Waals surface area contributed by atoms with Crippen LogP contribution in [0.15, 0.2) is 47.5 Å². The molecular formula is C19H17N3O4S. The first kappa shape index (κ1) is 17.4. The lowest BCUT2D eigenvalue weighted by atomic mass is 10.1. The molecule has 1 aromatic heterocycles. The number of nitrogens with zero attached hydrogens (tertiary/aromatic N) is 2. The second-order valence-corrected chi connectivity index (χ2v) is 7.18. The smallest absolute Gasteiger partial charge is 0.277 e. The molecule has 2 N–H and O–H groups in total. The van der Waals surface area contributed by atoms with Gasteiger partial charge in [-0.1, -0.05) is 12.1 Å². The third kappa shape index (κ3) is 3.13. The van der Waals surface area contributed by atoms with Crippen LogP contribution in [0.2, 0.25) is 0 Å². The fourth-order valence-electron chi connectivity index (χ4n) is 3.27. The average Bonchev–Trinajstić information content (AvgIpc) is 3.38. The Kier molecular flexibility index (Phi) is 4.51. The predicted octanol–water partition coefficient (Wildman–Crippen LogP) is 1.61. The first-order valence-corrected chi connectivity index (χ1v) is 9.40. The van der Waals surface area contributed by atoms with Gasteiger partial charge >= 0.3 is 0 Å². The number of β-amino-alcohol motifs (C(OH)–C–C–N with tert-alkyl or cyclic N) is 1. The third-order valence-corrected chi connectivity index (χ3v) is 5.43. The summed E-state index contributed by atoms with van der Waals surface area (Å²) in [6.07, 6.45) is 2.00. The number of anilines is 2. The van der Waals surface area contributed by atoms with Crippen LogP contribution in [0.4, 0.5) is 11.4 Å². The van der Waals surface area contributed by atoms with Gasteiger partial charge in [0.05, 0.1) is 18.0 Å². The molecule has 0 atom stereocenters. The summed E-state index contributed by atoms with van der Waals surface area (Å²) in [4.78, 5) is 40.3. The summed E-state index contributed by atoms with van der Waals surface area (Å²) >= 11 is 1.40. The SMILES string of the molecule is O=C1C=C(Nc2ccc3c(c2)N(C(=O)c2cccs2)CC3)C(=O)N1CCO. The molecule has 27 heavy (non-hydrogen) atoms. The fraction of sp³-hybridized carbons (Fsp3) is 0.211. The molecule has 0 saturated heterocycles. The first-order chi connectivity index (χ1) is 13.1. The van der Waals surface area contributed by atoms with Gasteiger partial charge in [0, 0.05) is 24.0 Å². The molecule has 4 rings (SSSR count). The van der Waals surface area contributed by atoms with Gasteiger partial charge in [0.1, 0.15) is 5.70 Å². The van der Waals surface area contributed by atoms with Gasteiger partial charge in [0.2, 0.25) is 0 Å². The average molecular weight is 383 g/mol. The van der Waals surface area contributed by atoms with Crippen molar-refractivity contribution in [1.29, 1.82) is 0 Å². The Hall–Kier alpha value is -2.97. The Labute approximate surface area is 159 Å². The van der Waals surface area contributed by atoms with Crippen LogP contribution in [0.25, 0.3) is 0 Å². The largest absolute Gasteiger partial charge is 0.395 e. The molecular weight excluding hydrogens is 366 g/mol. The zero-order valence-corrected chi connectivity index (χ0v) is 15.2. The number of aliphatic hydroxyl groups excluding tert-OH is 1. The number of amides is 3. The van der Waals surface area contributed by atoms with E-state index in [1.54, 1.807) is 11.0 Å². The molecule has 0 bridgehead atoms. The van der Waals surface area contributed by atoms with Gasteiger partial charge in [-0.3, -0.25) is 19.3 Å². The zero-order valence-electron chi connectivity index (χ0n) is 14.3. The Morgan fingerprint density at radius 2 is 2.11 bits per heavy atom. The zero-order chi connectivity index (χ0) is 19.0. The van der Waals surface area contributed by atoms with Crippen LogP contribution < -0.4 is 10.2 Å². The topological polar surface area (TPSA) is 90.0 Å². The van der Waals surface area contributed by atoms with Gasteiger partial charge in [-0.15, -0.1) is 11.3 Å². The van der Waals surface area contributed by atoms with Crippen molar-refractivity contribution in [3.8, 4) is 0 Å². The van der Waals surface area contributed by atoms with E-state index in [1.807, 2.05) is 29.6 Å². The quantitative estimate of drug-likeness (QED) is 0.766. The Morgan fingerprint density at radius 1 is 1.26 bits per heavy atom. The van der Waals surface area contributed by atoms with Crippen molar-refractivity contribution >= 4 is 40.4 Å². The number of thiophene rings is 1. The van der Waals surface area contributed by atoms with Gasteiger partial charge in [0.15, 0.2) is 0 Å². The summed E-state index contributed by atoms with van der Waals surface area (Å²) in [5.41, 5.74) is 2.65. The van der Waals surface area contributed by atoms with Crippen LogP contribution in [0.3, 0.4) is 0 Å². The van der Waals surface area contributed by atoms with Crippen LogP contribution in [0.1, 0.15) is 15.2 Å². The van der Waals surface area contributed by atoms with Crippen LogP contribution in [-0.2, 0) is 16.0 Å². The Morgan fingerprint density at radius 3 is 2.85 bits per heavy atom. The van der Waals surface area contributed by atoms with Gasteiger partial charge < -0.3 is 15.3 Å². The number of hydrogen-bond donors (Lipinski definition) is 2. The number of carbonyl (C=O) groups excluding carboxylic acids is 3. The number of nitrogens with one attached hydrogen (secondary N) is 1. The summed E-state index contributed by atoms with van der Waals surface area (Å²) in [7, 11) is 0. The van der Waals surface area contributed by atoms with Gasteiger partial charge in [-0.25, -0.2) is 0 Å². The molecule has 138 valence electrons. The summed E-state index contributed by atoms with van der Waals surface area (Å²) in [5, 5.41) is 13.8. The number of hydrogen-bond acceptors (Lipinski definition) is 6. The number of aliphatic hydroxyl groups is 1. The third-order valence-electron chi connectivity index (χ3n) is 4.57. The predicted molar refractivity (Wildman–Crippen MR) is 102 cm³/mol. The van der Waals surface area contributed by atoms with Crippen molar-refractivity contribution in [2.45, 2.75) is 6.42 Å². The Bertz CT molecular complexity index is 952. The summed E-state index contributed by atoms with van der Waals surface area (Å²) in [5.74, 6) is -0.963. The van der Waals surface area contributed by atoms with E-state index >= 15 is 0 Å². The molecule has 1 aromatic carbocycles. The summed E-state index contributed by atoms with van der Waals surface area (Å²) < 4.78 is 0. The van der Waals surface area contributed by atoms with E-state index in [0.29, 0.717) is 17.1 Å². The molecule has 3 heterocycles. The summed E-state index contributed by atoms with van der Waals surface area (Å²) in [6, 6.07) is 9.22. The van der Waals surface area contributed by atoms with Crippen LogP contribution in [0, 0.1) is 0 Å². The number of carbonyl (C=O) groups is 3. The van der Waals surface area contributed by atoms with Crippen molar-refractivity contribution in [2.24, 2.45) is 0 Å². The molecule has 3 amide bonds. The lowest BCUT2D eigenvalue weighted by Crippen LogP contribution is -2.34. The first-order valence-electron chi connectivity index (χ1n) is 8.52.